The first-order valence-electron chi connectivity index (χ1n) is 8.88. The SMILES string of the molecule is CC(=O)c1cccc(Nc2ccc(C(=O)NCCc3ccc(Cl)cc3)cn2)c1. The minimum Gasteiger partial charge on any atom is -0.352 e. The fraction of sp³-hybridized carbons (Fsp3) is 0.136. The third-order valence-corrected chi connectivity index (χ3v) is 4.43. The predicted molar refractivity (Wildman–Crippen MR) is 111 cm³/mol. The number of rotatable bonds is 7. The third-order valence-electron chi connectivity index (χ3n) is 4.18. The van der Waals surface area contributed by atoms with Crippen LogP contribution in [0.5, 0.6) is 0 Å². The van der Waals surface area contributed by atoms with E-state index < -0.39 is 0 Å². The molecule has 2 N–H and O–H groups in total. The third kappa shape index (κ3) is 5.41. The molecule has 0 radical (unpaired) electrons. The Morgan fingerprint density at radius 2 is 1.79 bits per heavy atom. The predicted octanol–water partition coefficient (Wildman–Crippen LogP) is 4.65. The molecule has 2 aromatic carbocycles. The number of anilines is 2. The minimum absolute atomic E-state index is 0.00206. The molecule has 1 aromatic heterocycles. The largest absolute Gasteiger partial charge is 0.352 e. The highest BCUT2D eigenvalue weighted by Crippen LogP contribution is 2.17. The number of nitrogens with zero attached hydrogens (tertiary/aromatic N) is 1. The number of pyridine rings is 1. The lowest BCUT2D eigenvalue weighted by atomic mass is 10.1. The van der Waals surface area contributed by atoms with Crippen molar-refractivity contribution >= 4 is 34.8 Å². The van der Waals surface area contributed by atoms with Gasteiger partial charge in [-0.25, -0.2) is 4.98 Å². The molecule has 0 aliphatic rings. The number of hydrogen-bond acceptors (Lipinski definition) is 4. The maximum atomic E-state index is 12.2. The molecule has 0 unspecified atom stereocenters. The average molecular weight is 394 g/mol. The van der Waals surface area contributed by atoms with Crippen molar-refractivity contribution in [3.63, 3.8) is 0 Å². The average Bonchev–Trinajstić information content (AvgIpc) is 2.70. The summed E-state index contributed by atoms with van der Waals surface area (Å²) in [6.07, 6.45) is 2.25. The monoisotopic (exact) mass is 393 g/mol. The van der Waals surface area contributed by atoms with Gasteiger partial charge in [-0.3, -0.25) is 9.59 Å². The van der Waals surface area contributed by atoms with Gasteiger partial charge in [0, 0.05) is 29.0 Å². The zero-order chi connectivity index (χ0) is 19.9. The summed E-state index contributed by atoms with van der Waals surface area (Å²) in [4.78, 5) is 28.0. The number of carbonyl (C=O) groups is 2. The zero-order valence-electron chi connectivity index (χ0n) is 15.4. The van der Waals surface area contributed by atoms with E-state index >= 15 is 0 Å². The van der Waals surface area contributed by atoms with Crippen LogP contribution in [0.4, 0.5) is 11.5 Å². The van der Waals surface area contributed by atoms with Crippen LogP contribution in [-0.2, 0) is 6.42 Å². The van der Waals surface area contributed by atoms with Crippen molar-refractivity contribution in [2.75, 3.05) is 11.9 Å². The molecular formula is C22H20ClN3O2. The molecule has 1 heterocycles. The van der Waals surface area contributed by atoms with Crippen LogP contribution < -0.4 is 10.6 Å². The number of aromatic nitrogens is 1. The Labute approximate surface area is 168 Å². The number of ketones is 1. The number of nitrogens with one attached hydrogen (secondary N) is 2. The van der Waals surface area contributed by atoms with E-state index in [2.05, 4.69) is 15.6 Å². The maximum Gasteiger partial charge on any atom is 0.252 e. The number of hydrogen-bond donors (Lipinski definition) is 2. The van der Waals surface area contributed by atoms with Crippen molar-refractivity contribution in [1.29, 1.82) is 0 Å². The summed E-state index contributed by atoms with van der Waals surface area (Å²) in [6, 6.07) is 18.2. The molecule has 0 aliphatic heterocycles. The van der Waals surface area contributed by atoms with E-state index in [4.69, 9.17) is 11.6 Å². The number of carbonyl (C=O) groups excluding carboxylic acids is 2. The van der Waals surface area contributed by atoms with E-state index in [1.807, 2.05) is 36.4 Å². The van der Waals surface area contributed by atoms with E-state index in [0.29, 0.717) is 28.5 Å². The van der Waals surface area contributed by atoms with Crippen molar-refractivity contribution in [3.05, 3.63) is 88.6 Å². The van der Waals surface area contributed by atoms with Gasteiger partial charge in [0.15, 0.2) is 5.78 Å². The van der Waals surface area contributed by atoms with Gasteiger partial charge in [0.1, 0.15) is 5.82 Å². The van der Waals surface area contributed by atoms with Gasteiger partial charge in [0.05, 0.1) is 5.56 Å². The molecule has 142 valence electrons. The molecular weight excluding hydrogens is 374 g/mol. The second kappa shape index (κ2) is 9.15. The lowest BCUT2D eigenvalue weighted by Gasteiger charge is -2.08. The minimum atomic E-state index is -0.174. The molecule has 0 saturated heterocycles. The maximum absolute atomic E-state index is 12.2. The van der Waals surface area contributed by atoms with Gasteiger partial charge in [-0.2, -0.15) is 0 Å². The molecule has 5 nitrogen and oxygen atoms in total. The normalized spacial score (nSPS) is 10.4. The molecule has 3 rings (SSSR count). The lowest BCUT2D eigenvalue weighted by Crippen LogP contribution is -2.25. The topological polar surface area (TPSA) is 71.1 Å². The number of halogens is 1. The van der Waals surface area contributed by atoms with Crippen LogP contribution in [0.25, 0.3) is 0 Å². The standard InChI is InChI=1S/C22H20ClN3O2/c1-15(27)17-3-2-4-20(13-17)26-21-10-7-18(14-25-21)22(28)24-12-11-16-5-8-19(23)9-6-16/h2-10,13-14H,11-12H2,1H3,(H,24,28)(H,25,26). The Morgan fingerprint density at radius 3 is 2.46 bits per heavy atom. The van der Waals surface area contributed by atoms with E-state index in [9.17, 15) is 9.59 Å². The fourth-order valence-corrected chi connectivity index (χ4v) is 2.77. The number of Topliss-reactive ketones (excluding diaryl/α,β-unsaturated/α-hetero) is 1. The second-order valence-corrected chi connectivity index (χ2v) is 6.76. The summed E-state index contributed by atoms with van der Waals surface area (Å²) in [5.74, 6) is 0.423. The summed E-state index contributed by atoms with van der Waals surface area (Å²) in [5, 5.41) is 6.71. The summed E-state index contributed by atoms with van der Waals surface area (Å²) in [6.45, 7) is 2.05. The molecule has 0 spiro atoms. The van der Waals surface area contributed by atoms with Crippen molar-refractivity contribution in [1.82, 2.24) is 10.3 Å². The second-order valence-electron chi connectivity index (χ2n) is 6.33. The quantitative estimate of drug-likeness (QED) is 0.573. The van der Waals surface area contributed by atoms with Gasteiger partial charge < -0.3 is 10.6 Å². The van der Waals surface area contributed by atoms with E-state index in [1.165, 1.54) is 13.1 Å². The van der Waals surface area contributed by atoms with Crippen LogP contribution in [0.15, 0.2) is 66.9 Å². The molecule has 6 heteroatoms. The molecule has 0 fully saturated rings. The number of amides is 1. The first-order chi connectivity index (χ1) is 13.5. The fourth-order valence-electron chi connectivity index (χ4n) is 2.64. The van der Waals surface area contributed by atoms with Gasteiger partial charge in [-0.1, -0.05) is 35.9 Å². The molecule has 1 amide bonds. The van der Waals surface area contributed by atoms with Gasteiger partial charge in [0.25, 0.3) is 5.91 Å². The highest BCUT2D eigenvalue weighted by Gasteiger charge is 2.07. The lowest BCUT2D eigenvalue weighted by molar-refractivity contribution is 0.0952. The van der Waals surface area contributed by atoms with Crippen molar-refractivity contribution in [2.24, 2.45) is 0 Å². The molecule has 28 heavy (non-hydrogen) atoms. The van der Waals surface area contributed by atoms with Crippen LogP contribution in [0.1, 0.15) is 33.2 Å². The summed E-state index contributed by atoms with van der Waals surface area (Å²) in [5.41, 5.74) is 2.98. The van der Waals surface area contributed by atoms with E-state index in [1.54, 1.807) is 24.3 Å². The summed E-state index contributed by atoms with van der Waals surface area (Å²) >= 11 is 5.86. The van der Waals surface area contributed by atoms with Crippen LogP contribution >= 0.6 is 11.6 Å². The Morgan fingerprint density at radius 1 is 1.00 bits per heavy atom. The van der Waals surface area contributed by atoms with Gasteiger partial charge >= 0.3 is 0 Å². The van der Waals surface area contributed by atoms with Crippen LogP contribution in [0, 0.1) is 0 Å². The number of benzene rings is 2. The summed E-state index contributed by atoms with van der Waals surface area (Å²) < 4.78 is 0. The molecule has 0 bridgehead atoms. The highest BCUT2D eigenvalue weighted by molar-refractivity contribution is 6.30. The highest BCUT2D eigenvalue weighted by atomic mass is 35.5. The van der Waals surface area contributed by atoms with Gasteiger partial charge in [-0.15, -0.1) is 0 Å². The van der Waals surface area contributed by atoms with E-state index in [-0.39, 0.29) is 11.7 Å². The zero-order valence-corrected chi connectivity index (χ0v) is 16.2. The Balaban J connectivity index is 1.54. The molecule has 0 saturated carbocycles. The van der Waals surface area contributed by atoms with Crippen LogP contribution in [-0.4, -0.2) is 23.2 Å². The Kier molecular flexibility index (Phi) is 6.40. The van der Waals surface area contributed by atoms with Gasteiger partial charge in [-0.05, 0) is 55.3 Å². The molecule has 0 atom stereocenters. The van der Waals surface area contributed by atoms with Crippen molar-refractivity contribution < 1.29 is 9.59 Å². The van der Waals surface area contributed by atoms with Gasteiger partial charge in [0.2, 0.25) is 0 Å². The summed E-state index contributed by atoms with van der Waals surface area (Å²) in [7, 11) is 0. The van der Waals surface area contributed by atoms with Crippen LogP contribution in [0.2, 0.25) is 5.02 Å². The molecule has 3 aromatic rings. The first-order valence-corrected chi connectivity index (χ1v) is 9.26. The van der Waals surface area contributed by atoms with Crippen molar-refractivity contribution in [3.8, 4) is 0 Å². The van der Waals surface area contributed by atoms with Crippen LogP contribution in [0.3, 0.4) is 0 Å². The Hall–Kier alpha value is -3.18. The van der Waals surface area contributed by atoms with E-state index in [0.717, 1.165) is 17.7 Å². The Bertz CT molecular complexity index is 970. The molecule has 0 aliphatic carbocycles. The van der Waals surface area contributed by atoms with Crippen molar-refractivity contribution in [2.45, 2.75) is 13.3 Å². The first kappa shape index (κ1) is 19.6. The smallest absolute Gasteiger partial charge is 0.252 e.